The molecule has 2 aromatic rings. The van der Waals surface area contributed by atoms with Crippen molar-refractivity contribution in [1.82, 2.24) is 5.32 Å². The highest BCUT2D eigenvalue weighted by atomic mass is 32.1. The second-order valence-corrected chi connectivity index (χ2v) is 7.00. The van der Waals surface area contributed by atoms with Crippen molar-refractivity contribution in [2.24, 2.45) is 5.92 Å². The molecule has 1 aliphatic carbocycles. The average molecular weight is 331 g/mol. The molecule has 0 saturated heterocycles. The van der Waals surface area contributed by atoms with E-state index in [0.29, 0.717) is 5.75 Å². The molecule has 1 aliphatic rings. The highest BCUT2D eigenvalue weighted by molar-refractivity contribution is 7.10. The molecule has 1 unspecified atom stereocenters. The van der Waals surface area contributed by atoms with E-state index in [0.717, 1.165) is 23.3 Å². The standard InChI is InChI=1S/C18H21NO3S/c1-13-4-8-15(9-5-13)22-11-17(20)19-12-18(21,14-6-7-14)16-3-2-10-23-16/h2-5,8-10,14,21H,6-7,11-12H2,1H3,(H,19,20). The van der Waals surface area contributed by atoms with Gasteiger partial charge in [-0.2, -0.15) is 0 Å². The molecule has 0 aliphatic heterocycles. The molecule has 1 fully saturated rings. The first-order chi connectivity index (χ1) is 11.1. The smallest absolute Gasteiger partial charge is 0.258 e. The quantitative estimate of drug-likeness (QED) is 0.820. The van der Waals surface area contributed by atoms with Crippen LogP contribution in [0.3, 0.4) is 0 Å². The van der Waals surface area contributed by atoms with Gasteiger partial charge in [0, 0.05) is 4.88 Å². The molecule has 1 aromatic heterocycles. The van der Waals surface area contributed by atoms with Crippen LogP contribution < -0.4 is 10.1 Å². The molecule has 122 valence electrons. The third-order valence-electron chi connectivity index (χ3n) is 4.15. The number of nitrogens with one attached hydrogen (secondary N) is 1. The number of hydrogen-bond acceptors (Lipinski definition) is 4. The molecule has 0 radical (unpaired) electrons. The molecule has 1 heterocycles. The fourth-order valence-electron chi connectivity index (χ4n) is 2.59. The summed E-state index contributed by atoms with van der Waals surface area (Å²) in [5, 5.41) is 15.7. The number of ether oxygens (including phenoxy) is 1. The zero-order valence-corrected chi connectivity index (χ0v) is 13.9. The Morgan fingerprint density at radius 1 is 1.35 bits per heavy atom. The van der Waals surface area contributed by atoms with Gasteiger partial charge in [0.1, 0.15) is 11.4 Å². The molecule has 0 spiro atoms. The third kappa shape index (κ3) is 3.92. The molecule has 1 saturated carbocycles. The minimum atomic E-state index is -0.951. The van der Waals surface area contributed by atoms with Gasteiger partial charge >= 0.3 is 0 Å². The van der Waals surface area contributed by atoms with E-state index in [1.54, 1.807) is 0 Å². The van der Waals surface area contributed by atoms with Gasteiger partial charge in [0.2, 0.25) is 0 Å². The van der Waals surface area contributed by atoms with E-state index in [9.17, 15) is 9.90 Å². The van der Waals surface area contributed by atoms with Crippen molar-refractivity contribution < 1.29 is 14.6 Å². The lowest BCUT2D eigenvalue weighted by Crippen LogP contribution is -2.43. The lowest BCUT2D eigenvalue weighted by atomic mass is 9.95. The maximum Gasteiger partial charge on any atom is 0.258 e. The Morgan fingerprint density at radius 3 is 2.70 bits per heavy atom. The fraction of sp³-hybridized carbons (Fsp3) is 0.389. The Hall–Kier alpha value is -1.85. The van der Waals surface area contributed by atoms with Crippen molar-refractivity contribution in [2.45, 2.75) is 25.4 Å². The van der Waals surface area contributed by atoms with Crippen LogP contribution in [0.5, 0.6) is 5.75 Å². The van der Waals surface area contributed by atoms with E-state index in [4.69, 9.17) is 4.74 Å². The van der Waals surface area contributed by atoms with Crippen LogP contribution in [-0.4, -0.2) is 24.2 Å². The maximum atomic E-state index is 12.0. The summed E-state index contributed by atoms with van der Waals surface area (Å²) in [6.45, 7) is 2.18. The van der Waals surface area contributed by atoms with Crippen LogP contribution in [0.25, 0.3) is 0 Å². The second-order valence-electron chi connectivity index (χ2n) is 6.05. The monoisotopic (exact) mass is 331 g/mol. The normalized spacial score (nSPS) is 16.6. The topological polar surface area (TPSA) is 58.6 Å². The number of rotatable bonds is 7. The number of benzene rings is 1. The summed E-state index contributed by atoms with van der Waals surface area (Å²) in [7, 11) is 0. The molecule has 4 nitrogen and oxygen atoms in total. The Labute approximate surface area is 140 Å². The van der Waals surface area contributed by atoms with Gasteiger partial charge < -0.3 is 15.2 Å². The summed E-state index contributed by atoms with van der Waals surface area (Å²) >= 11 is 1.53. The molecule has 1 atom stereocenters. The molecular formula is C18H21NO3S. The number of aryl methyl sites for hydroxylation is 1. The molecule has 3 rings (SSSR count). The van der Waals surface area contributed by atoms with Gasteiger partial charge in [-0.25, -0.2) is 0 Å². The van der Waals surface area contributed by atoms with Crippen molar-refractivity contribution in [3.63, 3.8) is 0 Å². The van der Waals surface area contributed by atoms with Crippen molar-refractivity contribution in [3.05, 3.63) is 52.2 Å². The van der Waals surface area contributed by atoms with E-state index in [1.807, 2.05) is 48.7 Å². The molecule has 1 aromatic carbocycles. The van der Waals surface area contributed by atoms with Crippen LogP contribution in [0, 0.1) is 12.8 Å². The number of amides is 1. The first-order valence-corrected chi connectivity index (χ1v) is 8.68. The number of hydrogen-bond donors (Lipinski definition) is 2. The van der Waals surface area contributed by atoms with Crippen LogP contribution in [0.1, 0.15) is 23.3 Å². The second kappa shape index (κ2) is 6.72. The van der Waals surface area contributed by atoms with Gasteiger partial charge in [-0.3, -0.25) is 4.79 Å². The molecule has 23 heavy (non-hydrogen) atoms. The minimum absolute atomic E-state index is 0.0474. The van der Waals surface area contributed by atoms with Crippen LogP contribution in [0.2, 0.25) is 0 Å². The zero-order valence-electron chi connectivity index (χ0n) is 13.1. The van der Waals surface area contributed by atoms with Crippen molar-refractivity contribution >= 4 is 17.2 Å². The third-order valence-corrected chi connectivity index (χ3v) is 5.18. The fourth-order valence-corrected chi connectivity index (χ4v) is 3.49. The lowest BCUT2D eigenvalue weighted by molar-refractivity contribution is -0.124. The maximum absolute atomic E-state index is 12.0. The van der Waals surface area contributed by atoms with E-state index < -0.39 is 5.60 Å². The van der Waals surface area contributed by atoms with Crippen molar-refractivity contribution in [3.8, 4) is 5.75 Å². The van der Waals surface area contributed by atoms with Gasteiger partial charge in [0.15, 0.2) is 6.61 Å². The van der Waals surface area contributed by atoms with E-state index in [-0.39, 0.29) is 25.0 Å². The number of carbonyl (C=O) groups excluding carboxylic acids is 1. The lowest BCUT2D eigenvalue weighted by Gasteiger charge is -2.27. The molecule has 5 heteroatoms. The zero-order chi connectivity index (χ0) is 16.3. The largest absolute Gasteiger partial charge is 0.484 e. The highest BCUT2D eigenvalue weighted by Gasteiger charge is 2.45. The Bertz CT molecular complexity index is 649. The first kappa shape index (κ1) is 16.0. The predicted octanol–water partition coefficient (Wildman–Crippen LogP) is 2.85. The van der Waals surface area contributed by atoms with Crippen molar-refractivity contribution in [1.29, 1.82) is 0 Å². The van der Waals surface area contributed by atoms with Gasteiger partial charge in [-0.05, 0) is 49.3 Å². The highest BCUT2D eigenvalue weighted by Crippen LogP contribution is 2.46. The number of aliphatic hydroxyl groups is 1. The predicted molar refractivity (Wildman–Crippen MR) is 90.6 cm³/mol. The summed E-state index contributed by atoms with van der Waals surface area (Å²) in [4.78, 5) is 12.9. The van der Waals surface area contributed by atoms with Crippen LogP contribution in [-0.2, 0) is 10.4 Å². The minimum Gasteiger partial charge on any atom is -0.484 e. The van der Waals surface area contributed by atoms with Crippen LogP contribution >= 0.6 is 11.3 Å². The summed E-state index contributed by atoms with van der Waals surface area (Å²) in [6, 6.07) is 11.4. The van der Waals surface area contributed by atoms with Crippen molar-refractivity contribution in [2.75, 3.05) is 13.2 Å². The SMILES string of the molecule is Cc1ccc(OCC(=O)NCC(O)(c2cccs2)C2CC2)cc1. The molecule has 2 N–H and O–H groups in total. The van der Waals surface area contributed by atoms with E-state index >= 15 is 0 Å². The van der Waals surface area contributed by atoms with Gasteiger partial charge in [-0.1, -0.05) is 23.8 Å². The summed E-state index contributed by atoms with van der Waals surface area (Å²) < 4.78 is 5.46. The van der Waals surface area contributed by atoms with E-state index in [2.05, 4.69) is 5.32 Å². The summed E-state index contributed by atoms with van der Waals surface area (Å²) in [5.41, 5.74) is 0.195. The van der Waals surface area contributed by atoms with Gasteiger partial charge in [0.25, 0.3) is 5.91 Å². The number of carbonyl (C=O) groups is 1. The summed E-state index contributed by atoms with van der Waals surface area (Å²) in [6.07, 6.45) is 2.01. The molecular weight excluding hydrogens is 310 g/mol. The average Bonchev–Trinajstić information content (AvgIpc) is 3.27. The van der Waals surface area contributed by atoms with E-state index in [1.165, 1.54) is 11.3 Å². The van der Waals surface area contributed by atoms with Crippen LogP contribution in [0.4, 0.5) is 0 Å². The number of thiophene rings is 1. The van der Waals surface area contributed by atoms with Crippen LogP contribution in [0.15, 0.2) is 41.8 Å². The Kier molecular flexibility index (Phi) is 4.68. The first-order valence-electron chi connectivity index (χ1n) is 7.80. The molecule has 1 amide bonds. The van der Waals surface area contributed by atoms with Gasteiger partial charge in [-0.15, -0.1) is 11.3 Å². The Morgan fingerprint density at radius 2 is 2.09 bits per heavy atom. The van der Waals surface area contributed by atoms with Gasteiger partial charge in [0.05, 0.1) is 6.54 Å². The summed E-state index contributed by atoms with van der Waals surface area (Å²) in [5.74, 6) is 0.683. The Balaban J connectivity index is 1.52. The molecule has 0 bridgehead atoms.